The summed E-state index contributed by atoms with van der Waals surface area (Å²) in [6.45, 7) is 1.88. The lowest BCUT2D eigenvalue weighted by Gasteiger charge is -2.15. The van der Waals surface area contributed by atoms with Gasteiger partial charge in [-0.1, -0.05) is 12.1 Å². The van der Waals surface area contributed by atoms with Crippen molar-refractivity contribution in [3.8, 4) is 11.3 Å². The molecule has 184 valence electrons. The maximum absolute atomic E-state index is 13.0. The van der Waals surface area contributed by atoms with E-state index in [1.807, 2.05) is 17.4 Å². The van der Waals surface area contributed by atoms with Crippen LogP contribution in [0.3, 0.4) is 0 Å². The third kappa shape index (κ3) is 6.00. The molecule has 0 spiro atoms. The van der Waals surface area contributed by atoms with E-state index in [9.17, 15) is 31.1 Å². The molecule has 1 fully saturated rings. The number of amides is 2. The van der Waals surface area contributed by atoms with Crippen LogP contribution in [0.1, 0.15) is 24.0 Å². The highest BCUT2D eigenvalue weighted by molar-refractivity contribution is 6.00. The number of nitrogens with zero attached hydrogens (tertiary/aromatic N) is 3. The van der Waals surface area contributed by atoms with Crippen LogP contribution in [0, 0.1) is 0 Å². The molecule has 12 heteroatoms. The van der Waals surface area contributed by atoms with Crippen molar-refractivity contribution < 1.29 is 31.1 Å². The monoisotopic (exact) mass is 495 g/mol. The highest BCUT2D eigenvalue weighted by Crippen LogP contribution is 2.37. The Labute approximate surface area is 196 Å². The Balaban J connectivity index is 1.43. The van der Waals surface area contributed by atoms with Crippen LogP contribution in [-0.4, -0.2) is 29.3 Å². The van der Waals surface area contributed by atoms with Gasteiger partial charge in [-0.05, 0) is 55.3 Å². The minimum atomic E-state index is -5.01. The van der Waals surface area contributed by atoms with Crippen molar-refractivity contribution in [2.45, 2.75) is 25.2 Å². The number of hydrogen-bond donors (Lipinski definition) is 2. The van der Waals surface area contributed by atoms with Crippen LogP contribution < -0.4 is 15.5 Å². The van der Waals surface area contributed by atoms with Crippen LogP contribution in [0.2, 0.25) is 0 Å². The zero-order valence-electron chi connectivity index (χ0n) is 18.0. The Hall–Kier alpha value is -3.83. The van der Waals surface area contributed by atoms with Gasteiger partial charge in [-0.3, -0.25) is 0 Å². The van der Waals surface area contributed by atoms with E-state index in [1.165, 1.54) is 12.1 Å². The molecule has 1 aromatic heterocycles. The Morgan fingerprint density at radius 2 is 1.31 bits per heavy atom. The van der Waals surface area contributed by atoms with Crippen molar-refractivity contribution in [1.29, 1.82) is 0 Å². The lowest BCUT2D eigenvalue weighted by Crippen LogP contribution is -2.20. The molecule has 1 saturated heterocycles. The number of rotatable bonds is 4. The molecule has 6 nitrogen and oxygen atoms in total. The fourth-order valence-electron chi connectivity index (χ4n) is 3.64. The third-order valence-electron chi connectivity index (χ3n) is 5.36. The first-order valence-electron chi connectivity index (χ1n) is 10.6. The number of aromatic nitrogens is 2. The molecule has 0 atom stereocenters. The third-order valence-corrected chi connectivity index (χ3v) is 5.36. The number of nitrogens with one attached hydrogen (secondary N) is 2. The van der Waals surface area contributed by atoms with Crippen molar-refractivity contribution in [3.63, 3.8) is 0 Å². The summed E-state index contributed by atoms with van der Waals surface area (Å²) in [7, 11) is 0. The van der Waals surface area contributed by atoms with Crippen molar-refractivity contribution in [1.82, 2.24) is 10.2 Å². The number of halogens is 6. The molecule has 0 saturated carbocycles. The first kappa shape index (κ1) is 24.3. The molecular weight excluding hydrogens is 476 g/mol. The summed E-state index contributed by atoms with van der Waals surface area (Å²) in [6, 6.07) is 9.91. The number of urea groups is 1. The molecule has 2 N–H and O–H groups in total. The summed E-state index contributed by atoms with van der Waals surface area (Å²) in [4.78, 5) is 14.4. The zero-order chi connectivity index (χ0) is 25.2. The fraction of sp³-hybridized carbons (Fsp3) is 0.261. The van der Waals surface area contributed by atoms with Gasteiger partial charge in [0.2, 0.25) is 0 Å². The summed E-state index contributed by atoms with van der Waals surface area (Å²) in [5, 5.41) is 12.9. The summed E-state index contributed by atoms with van der Waals surface area (Å²) in [5.41, 5.74) is -2.10. The Kier molecular flexibility index (Phi) is 6.55. The van der Waals surface area contributed by atoms with Crippen LogP contribution >= 0.6 is 0 Å². The molecular formula is C23H19F6N5O. The number of benzene rings is 2. The van der Waals surface area contributed by atoms with Crippen molar-refractivity contribution in [2.24, 2.45) is 0 Å². The molecule has 0 aliphatic carbocycles. The van der Waals surface area contributed by atoms with E-state index in [-0.39, 0.29) is 11.8 Å². The van der Waals surface area contributed by atoms with Gasteiger partial charge in [-0.15, -0.1) is 10.2 Å². The number of alkyl halides is 6. The van der Waals surface area contributed by atoms with Crippen molar-refractivity contribution in [2.75, 3.05) is 28.6 Å². The first-order valence-corrected chi connectivity index (χ1v) is 10.6. The van der Waals surface area contributed by atoms with Crippen molar-refractivity contribution >= 4 is 23.2 Å². The van der Waals surface area contributed by atoms with Gasteiger partial charge in [0.15, 0.2) is 5.82 Å². The molecule has 4 rings (SSSR count). The second-order valence-electron chi connectivity index (χ2n) is 7.92. The topological polar surface area (TPSA) is 70.2 Å². The van der Waals surface area contributed by atoms with Gasteiger partial charge in [-0.25, -0.2) is 4.79 Å². The van der Waals surface area contributed by atoms with E-state index in [4.69, 9.17) is 0 Å². The lowest BCUT2D eigenvalue weighted by atomic mass is 10.1. The van der Waals surface area contributed by atoms with E-state index in [1.54, 1.807) is 12.1 Å². The second-order valence-corrected chi connectivity index (χ2v) is 7.92. The van der Waals surface area contributed by atoms with Gasteiger partial charge in [0.1, 0.15) is 0 Å². The molecule has 0 radical (unpaired) electrons. The SMILES string of the molecule is O=C(Nc1ccc(-c2ccc(N3CCCC3)nn2)cc1)Nc1cc(C(F)(F)F)cc(C(F)(F)F)c1. The largest absolute Gasteiger partial charge is 0.416 e. The maximum Gasteiger partial charge on any atom is 0.416 e. The van der Waals surface area contributed by atoms with E-state index in [0.29, 0.717) is 23.4 Å². The van der Waals surface area contributed by atoms with E-state index >= 15 is 0 Å². The number of hydrogen-bond acceptors (Lipinski definition) is 4. The van der Waals surface area contributed by atoms with Gasteiger partial charge in [0, 0.05) is 30.0 Å². The van der Waals surface area contributed by atoms with Crippen LogP contribution in [0.4, 0.5) is 48.3 Å². The van der Waals surface area contributed by atoms with Crippen LogP contribution in [0.5, 0.6) is 0 Å². The molecule has 0 unspecified atom stereocenters. The molecule has 1 aliphatic rings. The van der Waals surface area contributed by atoms with Gasteiger partial charge < -0.3 is 15.5 Å². The quantitative estimate of drug-likeness (QED) is 0.410. The molecule has 2 aromatic carbocycles. The summed E-state index contributed by atoms with van der Waals surface area (Å²) >= 11 is 0. The molecule has 0 bridgehead atoms. The average Bonchev–Trinajstić information content (AvgIpc) is 3.33. The highest BCUT2D eigenvalue weighted by Gasteiger charge is 2.37. The Morgan fingerprint density at radius 1 is 0.743 bits per heavy atom. The Morgan fingerprint density at radius 3 is 1.83 bits per heavy atom. The smallest absolute Gasteiger partial charge is 0.355 e. The predicted octanol–water partition coefficient (Wildman–Crippen LogP) is 6.43. The van der Waals surface area contributed by atoms with E-state index in [2.05, 4.69) is 20.4 Å². The summed E-state index contributed by atoms with van der Waals surface area (Å²) in [6.07, 6.45) is -7.80. The minimum Gasteiger partial charge on any atom is -0.355 e. The normalized spacial score (nSPS) is 14.2. The number of carbonyl (C=O) groups excluding carboxylic acids is 1. The molecule has 3 aromatic rings. The summed E-state index contributed by atoms with van der Waals surface area (Å²) < 4.78 is 77.9. The summed E-state index contributed by atoms with van der Waals surface area (Å²) in [5.74, 6) is 0.796. The first-order chi connectivity index (χ1) is 16.5. The predicted molar refractivity (Wildman–Crippen MR) is 118 cm³/mol. The van der Waals surface area contributed by atoms with Gasteiger partial charge in [0.25, 0.3) is 0 Å². The van der Waals surface area contributed by atoms with Crippen LogP contribution in [-0.2, 0) is 12.4 Å². The molecule has 2 amide bonds. The van der Waals surface area contributed by atoms with Gasteiger partial charge in [-0.2, -0.15) is 26.3 Å². The Bertz CT molecular complexity index is 1150. The lowest BCUT2D eigenvalue weighted by molar-refractivity contribution is -0.143. The zero-order valence-corrected chi connectivity index (χ0v) is 18.0. The number of anilines is 3. The molecule has 2 heterocycles. The van der Waals surface area contributed by atoms with Crippen molar-refractivity contribution in [3.05, 3.63) is 65.7 Å². The van der Waals surface area contributed by atoms with E-state index < -0.39 is 35.2 Å². The number of carbonyl (C=O) groups is 1. The van der Waals surface area contributed by atoms with Gasteiger partial charge >= 0.3 is 18.4 Å². The highest BCUT2D eigenvalue weighted by atomic mass is 19.4. The maximum atomic E-state index is 13.0. The molecule has 1 aliphatic heterocycles. The standard InChI is InChI=1S/C23H19F6N5O/c24-22(25,26)15-11-16(23(27,28)29)13-18(12-15)31-21(35)30-17-5-3-14(4-6-17)19-7-8-20(33-32-19)34-9-1-2-10-34/h3-8,11-13H,1-2,9-10H2,(H2,30,31,35). The average molecular weight is 495 g/mol. The minimum absolute atomic E-state index is 0.0115. The van der Waals surface area contributed by atoms with Gasteiger partial charge in [0.05, 0.1) is 16.8 Å². The van der Waals surface area contributed by atoms with E-state index in [0.717, 1.165) is 31.7 Å². The fourth-order valence-corrected chi connectivity index (χ4v) is 3.64. The second kappa shape index (κ2) is 9.43. The molecule has 35 heavy (non-hydrogen) atoms. The van der Waals surface area contributed by atoms with Crippen LogP contribution in [0.15, 0.2) is 54.6 Å². The van der Waals surface area contributed by atoms with Crippen LogP contribution in [0.25, 0.3) is 11.3 Å².